The molecule has 3 nitrogen and oxygen atoms in total. The summed E-state index contributed by atoms with van der Waals surface area (Å²) in [4.78, 5) is 4.42. The average Bonchev–Trinajstić information content (AvgIpc) is 3.07. The van der Waals surface area contributed by atoms with E-state index in [0.29, 0.717) is 5.92 Å². The summed E-state index contributed by atoms with van der Waals surface area (Å²) >= 11 is 0. The van der Waals surface area contributed by atoms with Crippen molar-refractivity contribution >= 4 is 12.4 Å². The van der Waals surface area contributed by atoms with Crippen molar-refractivity contribution in [3.63, 3.8) is 0 Å². The normalized spacial score (nSPS) is 21.2. The highest BCUT2D eigenvalue weighted by Gasteiger charge is 2.35. The van der Waals surface area contributed by atoms with Crippen molar-refractivity contribution in [2.24, 2.45) is 5.73 Å². The molecule has 2 unspecified atom stereocenters. The second-order valence-corrected chi connectivity index (χ2v) is 4.49. The van der Waals surface area contributed by atoms with Gasteiger partial charge in [0.05, 0.1) is 0 Å². The third-order valence-electron chi connectivity index (χ3n) is 3.22. The number of pyridine rings is 1. The van der Waals surface area contributed by atoms with E-state index in [-0.39, 0.29) is 24.2 Å². The van der Waals surface area contributed by atoms with Gasteiger partial charge in [0.25, 0.3) is 0 Å². The van der Waals surface area contributed by atoms with Crippen molar-refractivity contribution in [3.05, 3.63) is 48.3 Å². The Kier molecular flexibility index (Phi) is 3.55. The number of hydrogen-bond acceptors (Lipinski definition) is 3. The number of phenols is 1. The molecule has 0 radical (unpaired) electrons. The van der Waals surface area contributed by atoms with Gasteiger partial charge < -0.3 is 10.8 Å². The number of nitrogens with two attached hydrogens (primary N) is 1. The van der Waals surface area contributed by atoms with Crippen LogP contribution in [0.4, 0.5) is 0 Å². The molecule has 1 aromatic heterocycles. The molecule has 1 heterocycles. The van der Waals surface area contributed by atoms with Crippen LogP contribution in [0.5, 0.6) is 5.75 Å². The van der Waals surface area contributed by atoms with Crippen LogP contribution in [0, 0.1) is 0 Å². The van der Waals surface area contributed by atoms with Gasteiger partial charge in [-0.1, -0.05) is 24.3 Å². The molecule has 0 spiro atoms. The molecule has 3 rings (SSSR count). The number of hydrogen-bond donors (Lipinski definition) is 2. The zero-order valence-electron chi connectivity index (χ0n) is 9.78. The monoisotopic (exact) mass is 262 g/mol. The minimum absolute atomic E-state index is 0. The molecule has 0 aliphatic heterocycles. The van der Waals surface area contributed by atoms with Gasteiger partial charge in [0, 0.05) is 35.0 Å². The third-order valence-corrected chi connectivity index (χ3v) is 3.22. The van der Waals surface area contributed by atoms with Crippen molar-refractivity contribution in [3.8, 4) is 16.9 Å². The average molecular weight is 263 g/mol. The van der Waals surface area contributed by atoms with Crippen LogP contribution in [0.2, 0.25) is 0 Å². The Morgan fingerprint density at radius 1 is 1.17 bits per heavy atom. The Bertz CT molecular complexity index is 542. The van der Waals surface area contributed by atoms with Crippen LogP contribution < -0.4 is 5.73 Å². The topological polar surface area (TPSA) is 59.1 Å². The Hall–Kier alpha value is -1.58. The van der Waals surface area contributed by atoms with Crippen LogP contribution in [-0.4, -0.2) is 16.1 Å². The second-order valence-electron chi connectivity index (χ2n) is 4.49. The molecule has 0 amide bonds. The minimum atomic E-state index is 0. The first-order valence-corrected chi connectivity index (χ1v) is 5.75. The summed E-state index contributed by atoms with van der Waals surface area (Å²) in [5.74, 6) is 0.707. The summed E-state index contributed by atoms with van der Waals surface area (Å²) < 4.78 is 0. The number of aromatic hydroxyl groups is 1. The van der Waals surface area contributed by atoms with Crippen LogP contribution in [-0.2, 0) is 0 Å². The molecule has 1 aromatic carbocycles. The maximum Gasteiger partial charge on any atom is 0.123 e. The van der Waals surface area contributed by atoms with E-state index in [9.17, 15) is 5.11 Å². The molecule has 1 aliphatic rings. The Morgan fingerprint density at radius 3 is 2.44 bits per heavy atom. The van der Waals surface area contributed by atoms with E-state index >= 15 is 0 Å². The zero-order chi connectivity index (χ0) is 11.8. The van der Waals surface area contributed by atoms with E-state index in [1.54, 1.807) is 12.3 Å². The minimum Gasteiger partial charge on any atom is -0.507 e. The standard InChI is InChI=1S/C14H14N2O.ClH/c15-12-7-11(12)13-6-5-9(8-16-13)10-3-1-2-4-14(10)17;/h1-6,8,11-12,17H,7,15H2;1H. The summed E-state index contributed by atoms with van der Waals surface area (Å²) in [6, 6.07) is 11.5. The summed E-state index contributed by atoms with van der Waals surface area (Å²) in [6.45, 7) is 0. The summed E-state index contributed by atoms with van der Waals surface area (Å²) in [7, 11) is 0. The smallest absolute Gasteiger partial charge is 0.123 e. The fraction of sp³-hybridized carbons (Fsp3) is 0.214. The van der Waals surface area contributed by atoms with E-state index < -0.39 is 0 Å². The largest absolute Gasteiger partial charge is 0.507 e. The molecule has 3 N–H and O–H groups in total. The first-order chi connectivity index (χ1) is 8.25. The first-order valence-electron chi connectivity index (χ1n) is 5.75. The lowest BCUT2D eigenvalue weighted by molar-refractivity contribution is 0.477. The quantitative estimate of drug-likeness (QED) is 0.875. The highest BCUT2D eigenvalue weighted by Crippen LogP contribution is 2.38. The van der Waals surface area contributed by atoms with Crippen molar-refractivity contribution in [1.29, 1.82) is 0 Å². The van der Waals surface area contributed by atoms with Crippen LogP contribution in [0.1, 0.15) is 18.0 Å². The fourth-order valence-electron chi connectivity index (χ4n) is 2.06. The maximum atomic E-state index is 9.75. The van der Waals surface area contributed by atoms with Crippen LogP contribution in [0.25, 0.3) is 11.1 Å². The Labute approximate surface area is 112 Å². The molecule has 1 fully saturated rings. The van der Waals surface area contributed by atoms with Crippen molar-refractivity contribution in [2.45, 2.75) is 18.4 Å². The number of phenolic OH excluding ortho intramolecular Hbond substituents is 1. The molecule has 1 saturated carbocycles. The number of nitrogens with zero attached hydrogens (tertiary/aromatic N) is 1. The molecular formula is C14H15ClN2O. The molecule has 94 valence electrons. The van der Waals surface area contributed by atoms with E-state index in [0.717, 1.165) is 23.2 Å². The molecule has 2 aromatic rings. The highest BCUT2D eigenvalue weighted by atomic mass is 35.5. The van der Waals surface area contributed by atoms with Gasteiger partial charge in [-0.2, -0.15) is 0 Å². The molecule has 0 saturated heterocycles. The van der Waals surface area contributed by atoms with Gasteiger partial charge in [-0.3, -0.25) is 4.98 Å². The van der Waals surface area contributed by atoms with E-state index in [2.05, 4.69) is 4.98 Å². The predicted octanol–water partition coefficient (Wildman–Crippen LogP) is 2.69. The van der Waals surface area contributed by atoms with E-state index in [1.165, 1.54) is 0 Å². The lowest BCUT2D eigenvalue weighted by atomic mass is 10.1. The number of aromatic nitrogens is 1. The predicted molar refractivity (Wildman–Crippen MR) is 73.9 cm³/mol. The number of para-hydroxylation sites is 1. The summed E-state index contributed by atoms with van der Waals surface area (Å²) in [5.41, 5.74) is 8.59. The molecule has 1 aliphatic carbocycles. The zero-order valence-corrected chi connectivity index (χ0v) is 10.6. The molecule has 4 heteroatoms. The lowest BCUT2D eigenvalue weighted by Gasteiger charge is -2.05. The Morgan fingerprint density at radius 2 is 1.89 bits per heavy atom. The third kappa shape index (κ3) is 2.33. The molecule has 2 atom stereocenters. The highest BCUT2D eigenvalue weighted by molar-refractivity contribution is 5.85. The maximum absolute atomic E-state index is 9.75. The number of benzene rings is 1. The van der Waals surface area contributed by atoms with E-state index in [4.69, 9.17) is 5.73 Å². The van der Waals surface area contributed by atoms with Crippen molar-refractivity contribution in [2.75, 3.05) is 0 Å². The first kappa shape index (κ1) is 12.9. The SMILES string of the molecule is Cl.NC1CC1c1ccc(-c2ccccc2O)cn1. The molecule has 0 bridgehead atoms. The van der Waals surface area contributed by atoms with Gasteiger partial charge >= 0.3 is 0 Å². The van der Waals surface area contributed by atoms with Gasteiger partial charge in [0.1, 0.15) is 5.75 Å². The van der Waals surface area contributed by atoms with Crippen LogP contribution in [0.3, 0.4) is 0 Å². The summed E-state index contributed by atoms with van der Waals surface area (Å²) in [5, 5.41) is 9.75. The van der Waals surface area contributed by atoms with E-state index in [1.807, 2.05) is 30.3 Å². The van der Waals surface area contributed by atoms with Gasteiger partial charge in [0.2, 0.25) is 0 Å². The second kappa shape index (κ2) is 4.96. The summed E-state index contributed by atoms with van der Waals surface area (Å²) in [6.07, 6.45) is 2.83. The van der Waals surface area contributed by atoms with Crippen LogP contribution >= 0.6 is 12.4 Å². The lowest BCUT2D eigenvalue weighted by Crippen LogP contribution is -2.01. The number of halogens is 1. The van der Waals surface area contributed by atoms with Gasteiger partial charge in [0.15, 0.2) is 0 Å². The van der Waals surface area contributed by atoms with Gasteiger partial charge in [-0.15, -0.1) is 12.4 Å². The van der Waals surface area contributed by atoms with Crippen molar-refractivity contribution in [1.82, 2.24) is 4.98 Å². The molecule has 18 heavy (non-hydrogen) atoms. The fourth-order valence-corrected chi connectivity index (χ4v) is 2.06. The van der Waals surface area contributed by atoms with Crippen molar-refractivity contribution < 1.29 is 5.11 Å². The van der Waals surface area contributed by atoms with Gasteiger partial charge in [-0.25, -0.2) is 0 Å². The Balaban J connectivity index is 0.00000120. The molecular weight excluding hydrogens is 248 g/mol. The van der Waals surface area contributed by atoms with Gasteiger partial charge in [-0.05, 0) is 18.6 Å². The van der Waals surface area contributed by atoms with Crippen LogP contribution in [0.15, 0.2) is 42.6 Å². The number of rotatable bonds is 2.